The molecule has 2 amide bonds. The quantitative estimate of drug-likeness (QED) is 0.0157. The van der Waals surface area contributed by atoms with Gasteiger partial charge < -0.3 is 190 Å². The van der Waals surface area contributed by atoms with Gasteiger partial charge in [0.25, 0.3) is 0 Å². The first kappa shape index (κ1) is 137. The summed E-state index contributed by atoms with van der Waals surface area (Å²) in [5, 5.41) is 147. The number of carbonyl (C=O) groups is 17. The topological polar surface area (TPSA) is 1110 Å². The fourth-order valence-corrected chi connectivity index (χ4v) is 4.35. The second-order valence-electron chi connectivity index (χ2n) is 24.9. The molecule has 0 bridgehead atoms. The van der Waals surface area contributed by atoms with E-state index in [2.05, 4.69) is 16.8 Å². The first-order valence-corrected chi connectivity index (χ1v) is 33.6. The fraction of sp³-hybridized carbons (Fsp3) is 0.710. The summed E-state index contributed by atoms with van der Waals surface area (Å²) in [6, 6.07) is -11.2. The number of carbonyl (C=O) groups excluding carboxylic acids is 2. The van der Waals surface area contributed by atoms with Gasteiger partial charge in [-0.25, -0.2) is 0 Å². The fourth-order valence-electron chi connectivity index (χ4n) is 4.35. The molecule has 53 N–H and O–H groups in total. The molecule has 13 atom stereocenters. The lowest BCUT2D eigenvalue weighted by Crippen LogP contribution is -2.34. The molecule has 0 heterocycles. The lowest BCUT2D eigenvalue weighted by atomic mass is 10.1. The number of rotatable bonds is 36. The average molecular weight is 1690 g/mol. The summed E-state index contributed by atoms with van der Waals surface area (Å²) in [7, 11) is 0. The summed E-state index contributed by atoms with van der Waals surface area (Å²) in [4.78, 5) is 168. The Morgan fingerprint density at radius 1 is 0.304 bits per heavy atom. The molecule has 0 saturated carbocycles. The predicted octanol–water partition coefficient (Wildman–Crippen LogP) is -9.05. The van der Waals surface area contributed by atoms with Gasteiger partial charge in [-0.2, -0.15) is 0 Å². The van der Waals surface area contributed by atoms with Gasteiger partial charge in [-0.1, -0.05) is 69.2 Å². The van der Waals surface area contributed by atoms with Crippen LogP contribution in [0.1, 0.15) is 147 Å². The molecule has 53 heteroatoms. The van der Waals surface area contributed by atoms with E-state index in [4.69, 9.17) is 178 Å². The number of guanidine groups is 1. The third-order valence-corrected chi connectivity index (χ3v) is 11.2. The molecule has 0 aliphatic rings. The number of carboxylic acid groups (broad SMARTS) is 15. The van der Waals surface area contributed by atoms with E-state index in [9.17, 15) is 81.5 Å². The highest BCUT2D eigenvalue weighted by atomic mass is 16.4. The smallest absolute Gasteiger partial charge is 0.322 e. The van der Waals surface area contributed by atoms with Crippen LogP contribution in [0.4, 0.5) is 0 Å². The second kappa shape index (κ2) is 86.0. The molecule has 0 aliphatic heterocycles. The van der Waals surface area contributed by atoms with Gasteiger partial charge in [0.2, 0.25) is 11.8 Å². The van der Waals surface area contributed by atoms with Gasteiger partial charge in [0.15, 0.2) is 5.96 Å². The van der Waals surface area contributed by atoms with Gasteiger partial charge in [-0.05, 0) is 88.4 Å². The van der Waals surface area contributed by atoms with Gasteiger partial charge in [0, 0.05) is 19.4 Å². The van der Waals surface area contributed by atoms with Gasteiger partial charge in [-0.3, -0.25) is 86.9 Å². The molecule has 0 fully saturated rings. The Kier molecular flexibility index (Phi) is 102. The van der Waals surface area contributed by atoms with Crippen LogP contribution >= 0.6 is 0 Å². The van der Waals surface area contributed by atoms with Crippen molar-refractivity contribution in [2.75, 3.05) is 26.3 Å². The molecule has 0 radical (unpaired) electrons. The molecule has 0 rings (SSSR count). The average Bonchev–Trinajstić information content (AvgIpc) is 0.991. The van der Waals surface area contributed by atoms with E-state index in [0.717, 1.165) is 0 Å². The Morgan fingerprint density at radius 3 is 0.626 bits per heavy atom. The summed E-state index contributed by atoms with van der Waals surface area (Å²) in [5.41, 5.74) is 84.3. The zero-order valence-electron chi connectivity index (χ0n) is 66.6. The Labute approximate surface area is 663 Å². The third kappa shape index (κ3) is 136. The number of aliphatic hydroxyl groups excluding tert-OH is 2. The summed E-state index contributed by atoms with van der Waals surface area (Å²) in [6.07, 6.45) is 2.22. The van der Waals surface area contributed by atoms with E-state index in [1.807, 2.05) is 41.5 Å². The van der Waals surface area contributed by atoms with Crippen molar-refractivity contribution in [1.29, 1.82) is 5.41 Å². The number of nitrogens with one attached hydrogen (secondary N) is 2. The number of amides is 2. The maximum Gasteiger partial charge on any atom is 0.322 e. The van der Waals surface area contributed by atoms with Crippen molar-refractivity contribution < 1.29 is 168 Å². The Morgan fingerprint density at radius 2 is 0.522 bits per heavy atom. The van der Waals surface area contributed by atoms with Crippen molar-refractivity contribution in [3.8, 4) is 0 Å². The maximum atomic E-state index is 10.2. The minimum atomic E-state index is -1.21. The van der Waals surface area contributed by atoms with Crippen LogP contribution in [-0.4, -0.2) is 299 Å². The van der Waals surface area contributed by atoms with Crippen molar-refractivity contribution in [3.05, 3.63) is 0 Å². The van der Waals surface area contributed by atoms with Crippen molar-refractivity contribution in [2.24, 2.45) is 127 Å². The molecule has 0 unspecified atom stereocenters. The molecule has 0 aliphatic carbocycles. The zero-order chi connectivity index (χ0) is 95.4. The Hall–Kier alpha value is -10.4. The van der Waals surface area contributed by atoms with Crippen LogP contribution in [0.15, 0.2) is 0 Å². The Balaban J connectivity index is -0.0000000800. The molecule has 0 spiro atoms. The van der Waals surface area contributed by atoms with Crippen LogP contribution in [0.2, 0.25) is 0 Å². The van der Waals surface area contributed by atoms with Crippen LogP contribution in [0.25, 0.3) is 0 Å². The van der Waals surface area contributed by atoms with E-state index >= 15 is 0 Å². The molecule has 0 aromatic carbocycles. The zero-order valence-corrected chi connectivity index (χ0v) is 66.6. The number of carboxylic acids is 15. The molecule has 53 nitrogen and oxygen atoms in total. The largest absolute Gasteiger partial charge is 0.481 e. The monoisotopic (exact) mass is 1690 g/mol. The molecular weight excluding hydrogens is 1550 g/mol. The number of hydrogen-bond acceptors (Lipinski definition) is 34. The molecule has 0 saturated heterocycles. The van der Waals surface area contributed by atoms with E-state index in [-0.39, 0.29) is 56.4 Å². The van der Waals surface area contributed by atoms with E-state index in [1.165, 1.54) is 13.8 Å². The SMILES string of the molecule is CC(C)C[C@H](N)C(=O)O.CC(C)C[C@H](N)C(=O)O.CC(C)C[C@H](N)C(=O)O.CC(C)[C@H](N)C(=O)O.CC(C)[C@H](N)C(=O)O.C[C@H](N)C(=O)O.C[C@H](N)C(=O)O.N=C(N)NCCC[C@H](N)C(=O)O.NC(=O)CC[C@H](N)C(=O)O.NC(=O)C[C@H](N)C(=O)O.NCC(=O)O.N[C@@H](CCC(=O)O)C(=O)O.N[C@@H](CO)C(=O)O.N[C@@H](CO)C(=O)O. The van der Waals surface area contributed by atoms with Crippen molar-refractivity contribution in [3.63, 3.8) is 0 Å². The highest BCUT2D eigenvalue weighted by Crippen LogP contribution is 2.04. The van der Waals surface area contributed by atoms with Crippen molar-refractivity contribution >= 4 is 107 Å². The summed E-state index contributed by atoms with van der Waals surface area (Å²) < 4.78 is 0. The van der Waals surface area contributed by atoms with Crippen LogP contribution in [0.5, 0.6) is 0 Å². The summed E-state index contributed by atoms with van der Waals surface area (Å²) in [6.45, 7) is 20.8. The number of primary amides is 2. The normalized spacial score (nSPS) is 13.0. The van der Waals surface area contributed by atoms with Crippen molar-refractivity contribution in [2.45, 2.75) is 226 Å². The molecule has 682 valence electrons. The van der Waals surface area contributed by atoms with E-state index in [1.54, 1.807) is 27.7 Å². The lowest BCUT2D eigenvalue weighted by molar-refractivity contribution is -0.141. The molecule has 0 aromatic rings. The highest BCUT2D eigenvalue weighted by Gasteiger charge is 2.19. The van der Waals surface area contributed by atoms with Gasteiger partial charge >= 0.3 is 89.5 Å². The number of aliphatic carboxylic acids is 15. The molecule has 115 heavy (non-hydrogen) atoms. The Bertz CT molecular complexity index is 2560. The van der Waals surface area contributed by atoms with Crippen molar-refractivity contribution in [1.82, 2.24) is 5.32 Å². The highest BCUT2D eigenvalue weighted by molar-refractivity contribution is 5.83. The van der Waals surface area contributed by atoms with Crippen LogP contribution in [0.3, 0.4) is 0 Å². The van der Waals surface area contributed by atoms with Gasteiger partial charge in [0.05, 0.1) is 26.2 Å². The standard InChI is InChI=1S/C6H14N4O2.3C6H13NO2.C5H10N2O3.C5H9NO4.2C5H11NO2.C4H8N2O3.2C3H7NO3.2C3H7NO2.C2H5NO2/c7-4(5(11)12)2-1-3-10-6(8)9;3*1-4(2)3-5(7)6(8)9;2*6-3(5(9)10)1-2-4(7)8;2*1-3(2)4(6)5(7)8;5-2(4(8)9)1-3(6)7;2*4-2(1-5)3(6)7;2*1-2(4)3(5)6;3-1-2(4)5/h4H,1-3,7H2,(H,11,12)(H4,8,9,10);3*4-5H,3,7H2,1-2H3,(H,8,9);3H,1-2,6H2,(H2,7,8)(H,9,10);3H,1-2,6H2,(H,7,8)(H,9,10);2*3-4H,6H2,1-2H3,(H,7,8);2H,1,5H2,(H2,6,7)(H,8,9);2*2,5H,1,4H2,(H,6,7);2*2H,4H2,1H3,(H,5,6);1,3H2,(H,4,5)/t4-;3*5-;2*3-;2*4-;5*2-;/m0000000000000./s1. The number of nitrogens with two attached hydrogens (primary N) is 17. The first-order valence-electron chi connectivity index (χ1n) is 33.6. The molecular formula is C62H135N19O34. The minimum Gasteiger partial charge on any atom is -0.481 e. The minimum absolute atomic E-state index is 0.0208. The third-order valence-electron chi connectivity index (χ3n) is 11.2. The van der Waals surface area contributed by atoms with Gasteiger partial charge in [0.1, 0.15) is 78.5 Å². The van der Waals surface area contributed by atoms with Crippen LogP contribution < -0.4 is 103 Å². The van der Waals surface area contributed by atoms with E-state index in [0.29, 0.717) is 56.4 Å². The van der Waals surface area contributed by atoms with Crippen LogP contribution in [-0.2, 0) is 81.5 Å². The molecule has 0 aromatic heterocycles. The predicted molar refractivity (Wildman–Crippen MR) is 411 cm³/mol. The van der Waals surface area contributed by atoms with Gasteiger partial charge in [-0.15, -0.1) is 0 Å². The van der Waals surface area contributed by atoms with Crippen LogP contribution in [0, 0.1) is 35.0 Å². The lowest BCUT2D eigenvalue weighted by Gasteiger charge is -2.07. The second-order valence-corrected chi connectivity index (χ2v) is 24.9. The maximum absolute atomic E-state index is 10.2. The number of aliphatic hydroxyl groups is 2. The summed E-state index contributed by atoms with van der Waals surface area (Å²) in [5.74, 6) is -15.6. The number of hydrogen-bond donors (Lipinski definition) is 36. The summed E-state index contributed by atoms with van der Waals surface area (Å²) >= 11 is 0. The van der Waals surface area contributed by atoms with E-state index < -0.39 is 193 Å². The first-order chi connectivity index (χ1) is 51.8.